The number of aliphatic carboxylic acids is 1. The Balaban J connectivity index is 2.38. The number of carbonyl (C=O) groups is 2. The first-order chi connectivity index (χ1) is 8.49. The molecule has 5 heteroatoms. The molecule has 0 aliphatic heterocycles. The van der Waals surface area contributed by atoms with Gasteiger partial charge in [-0.05, 0) is 43.5 Å². The number of carbonyl (C=O) groups excluding carboxylic acids is 1. The minimum Gasteiger partial charge on any atom is -0.481 e. The Labute approximate surface area is 111 Å². The summed E-state index contributed by atoms with van der Waals surface area (Å²) in [5.74, 6) is -0.935. The third kappa shape index (κ3) is 5.19. The molecule has 0 aliphatic carbocycles. The molecule has 1 aromatic rings. The van der Waals surface area contributed by atoms with Crippen molar-refractivity contribution in [1.82, 2.24) is 0 Å². The van der Waals surface area contributed by atoms with Crippen molar-refractivity contribution in [2.75, 3.05) is 5.32 Å². The smallest absolute Gasteiger partial charge is 0.303 e. The molecule has 0 saturated carbocycles. The number of amides is 1. The van der Waals surface area contributed by atoms with Crippen molar-refractivity contribution >= 4 is 29.2 Å². The van der Waals surface area contributed by atoms with E-state index in [1.54, 1.807) is 18.2 Å². The largest absolute Gasteiger partial charge is 0.481 e. The van der Waals surface area contributed by atoms with Gasteiger partial charge in [0.05, 0.1) is 0 Å². The Morgan fingerprint density at radius 3 is 2.56 bits per heavy atom. The molecule has 4 nitrogen and oxygen atoms in total. The SMILES string of the molecule is Cc1cc(Cl)ccc1NC(=O)CCCCC(=O)O. The molecule has 98 valence electrons. The van der Waals surface area contributed by atoms with Gasteiger partial charge < -0.3 is 10.4 Å². The highest BCUT2D eigenvalue weighted by atomic mass is 35.5. The Kier molecular flexibility index (Phi) is 5.65. The lowest BCUT2D eigenvalue weighted by atomic mass is 10.1. The molecular weight excluding hydrogens is 254 g/mol. The van der Waals surface area contributed by atoms with Crippen LogP contribution in [0, 0.1) is 6.92 Å². The quantitative estimate of drug-likeness (QED) is 0.779. The van der Waals surface area contributed by atoms with Gasteiger partial charge in [0.1, 0.15) is 0 Å². The highest BCUT2D eigenvalue weighted by Gasteiger charge is 2.05. The summed E-state index contributed by atoms with van der Waals surface area (Å²) in [4.78, 5) is 21.9. The van der Waals surface area contributed by atoms with E-state index in [-0.39, 0.29) is 12.3 Å². The van der Waals surface area contributed by atoms with Gasteiger partial charge in [0.15, 0.2) is 0 Å². The molecule has 1 rings (SSSR count). The van der Waals surface area contributed by atoms with Crippen LogP contribution in [-0.2, 0) is 9.59 Å². The lowest BCUT2D eigenvalue weighted by molar-refractivity contribution is -0.137. The topological polar surface area (TPSA) is 66.4 Å². The van der Waals surface area contributed by atoms with Crippen LogP contribution in [0.15, 0.2) is 18.2 Å². The number of anilines is 1. The predicted octanol–water partition coefficient (Wildman–Crippen LogP) is 3.23. The fraction of sp³-hybridized carbons (Fsp3) is 0.385. The molecule has 0 radical (unpaired) electrons. The highest BCUT2D eigenvalue weighted by molar-refractivity contribution is 6.30. The number of nitrogens with one attached hydrogen (secondary N) is 1. The second-order valence-corrected chi connectivity index (χ2v) is 4.54. The van der Waals surface area contributed by atoms with Crippen LogP contribution in [0.5, 0.6) is 0 Å². The van der Waals surface area contributed by atoms with Crippen LogP contribution >= 0.6 is 11.6 Å². The summed E-state index contributed by atoms with van der Waals surface area (Å²) in [7, 11) is 0. The number of hydrogen-bond acceptors (Lipinski definition) is 2. The summed E-state index contributed by atoms with van der Waals surface area (Å²) in [5.41, 5.74) is 1.64. The number of unbranched alkanes of at least 4 members (excludes halogenated alkanes) is 1. The van der Waals surface area contributed by atoms with Crippen LogP contribution in [-0.4, -0.2) is 17.0 Å². The Morgan fingerprint density at radius 2 is 1.94 bits per heavy atom. The molecular formula is C13H16ClNO3. The van der Waals surface area contributed by atoms with Gasteiger partial charge in [-0.15, -0.1) is 0 Å². The van der Waals surface area contributed by atoms with Gasteiger partial charge in [-0.1, -0.05) is 11.6 Å². The van der Waals surface area contributed by atoms with E-state index in [9.17, 15) is 9.59 Å². The van der Waals surface area contributed by atoms with E-state index < -0.39 is 5.97 Å². The van der Waals surface area contributed by atoms with E-state index in [4.69, 9.17) is 16.7 Å². The Morgan fingerprint density at radius 1 is 1.28 bits per heavy atom. The van der Waals surface area contributed by atoms with Crippen LogP contribution in [0.4, 0.5) is 5.69 Å². The Hall–Kier alpha value is -1.55. The fourth-order valence-corrected chi connectivity index (χ4v) is 1.77. The van der Waals surface area contributed by atoms with Gasteiger partial charge in [0.25, 0.3) is 0 Å². The van der Waals surface area contributed by atoms with Gasteiger partial charge >= 0.3 is 5.97 Å². The maximum absolute atomic E-state index is 11.6. The third-order valence-electron chi connectivity index (χ3n) is 2.51. The average molecular weight is 270 g/mol. The standard InChI is InChI=1S/C13H16ClNO3/c1-9-8-10(14)6-7-11(9)15-12(16)4-2-3-5-13(17)18/h6-8H,2-5H2,1H3,(H,15,16)(H,17,18). The molecule has 1 amide bonds. The van der Waals surface area contributed by atoms with E-state index in [1.807, 2.05) is 6.92 Å². The average Bonchev–Trinajstić information content (AvgIpc) is 2.28. The lowest BCUT2D eigenvalue weighted by Crippen LogP contribution is -2.12. The number of aryl methyl sites for hydroxylation is 1. The molecule has 0 unspecified atom stereocenters. The summed E-state index contributed by atoms with van der Waals surface area (Å²) in [6.45, 7) is 1.87. The van der Waals surface area contributed by atoms with E-state index >= 15 is 0 Å². The van der Waals surface area contributed by atoms with Crippen LogP contribution in [0.25, 0.3) is 0 Å². The van der Waals surface area contributed by atoms with Crippen LogP contribution in [0.1, 0.15) is 31.2 Å². The second kappa shape index (κ2) is 7.01. The predicted molar refractivity (Wildman–Crippen MR) is 70.9 cm³/mol. The first-order valence-electron chi connectivity index (χ1n) is 5.77. The second-order valence-electron chi connectivity index (χ2n) is 4.11. The summed E-state index contributed by atoms with van der Waals surface area (Å²) in [6, 6.07) is 5.25. The molecule has 0 spiro atoms. The first-order valence-corrected chi connectivity index (χ1v) is 6.14. The van der Waals surface area contributed by atoms with Crippen molar-refractivity contribution in [2.24, 2.45) is 0 Å². The summed E-state index contributed by atoms with van der Waals surface area (Å²) in [6.07, 6.45) is 1.52. The fourth-order valence-electron chi connectivity index (χ4n) is 1.54. The third-order valence-corrected chi connectivity index (χ3v) is 2.74. The van der Waals surface area contributed by atoms with Crippen molar-refractivity contribution in [1.29, 1.82) is 0 Å². The molecule has 0 aliphatic rings. The van der Waals surface area contributed by atoms with E-state index in [0.29, 0.717) is 24.3 Å². The monoisotopic (exact) mass is 269 g/mol. The molecule has 0 atom stereocenters. The maximum Gasteiger partial charge on any atom is 0.303 e. The number of halogens is 1. The van der Waals surface area contributed by atoms with Crippen LogP contribution in [0.2, 0.25) is 5.02 Å². The number of carboxylic acids is 1. The first kappa shape index (κ1) is 14.5. The summed E-state index contributed by atoms with van der Waals surface area (Å²) >= 11 is 5.82. The summed E-state index contributed by atoms with van der Waals surface area (Å²) in [5, 5.41) is 11.9. The molecule has 0 aromatic heterocycles. The molecule has 0 fully saturated rings. The normalized spacial score (nSPS) is 10.1. The van der Waals surface area contributed by atoms with Crippen LogP contribution < -0.4 is 5.32 Å². The lowest BCUT2D eigenvalue weighted by Gasteiger charge is -2.08. The molecule has 1 aromatic carbocycles. The zero-order valence-electron chi connectivity index (χ0n) is 10.2. The zero-order chi connectivity index (χ0) is 13.5. The van der Waals surface area contributed by atoms with E-state index in [2.05, 4.69) is 5.32 Å². The van der Waals surface area contributed by atoms with E-state index in [0.717, 1.165) is 11.3 Å². The van der Waals surface area contributed by atoms with Gasteiger partial charge in [0.2, 0.25) is 5.91 Å². The maximum atomic E-state index is 11.6. The van der Waals surface area contributed by atoms with Crippen molar-refractivity contribution in [2.45, 2.75) is 32.6 Å². The highest BCUT2D eigenvalue weighted by Crippen LogP contribution is 2.19. The van der Waals surface area contributed by atoms with Crippen molar-refractivity contribution < 1.29 is 14.7 Å². The zero-order valence-corrected chi connectivity index (χ0v) is 11.0. The van der Waals surface area contributed by atoms with Gasteiger partial charge in [-0.25, -0.2) is 0 Å². The number of carboxylic acid groups (broad SMARTS) is 1. The van der Waals surface area contributed by atoms with Crippen molar-refractivity contribution in [3.05, 3.63) is 28.8 Å². The minimum atomic E-state index is -0.830. The van der Waals surface area contributed by atoms with Crippen molar-refractivity contribution in [3.8, 4) is 0 Å². The van der Waals surface area contributed by atoms with Gasteiger partial charge in [-0.2, -0.15) is 0 Å². The van der Waals surface area contributed by atoms with E-state index in [1.165, 1.54) is 0 Å². The van der Waals surface area contributed by atoms with Crippen LogP contribution in [0.3, 0.4) is 0 Å². The van der Waals surface area contributed by atoms with Gasteiger partial charge in [0, 0.05) is 23.6 Å². The Bertz CT molecular complexity index is 446. The molecule has 2 N–H and O–H groups in total. The van der Waals surface area contributed by atoms with Gasteiger partial charge in [-0.3, -0.25) is 9.59 Å². The molecule has 0 heterocycles. The number of benzene rings is 1. The van der Waals surface area contributed by atoms with Crippen molar-refractivity contribution in [3.63, 3.8) is 0 Å². The molecule has 18 heavy (non-hydrogen) atoms. The minimum absolute atomic E-state index is 0.104. The number of rotatable bonds is 6. The molecule has 0 saturated heterocycles. The molecule has 0 bridgehead atoms. The summed E-state index contributed by atoms with van der Waals surface area (Å²) < 4.78 is 0. The number of hydrogen-bond donors (Lipinski definition) is 2.